The van der Waals surface area contributed by atoms with E-state index < -0.39 is 0 Å². The number of aromatic nitrogens is 1. The zero-order valence-corrected chi connectivity index (χ0v) is 14.5. The number of rotatable bonds is 4. The Balaban J connectivity index is 1.39. The summed E-state index contributed by atoms with van der Waals surface area (Å²) in [5.41, 5.74) is 2.16. The molecule has 2 aliphatic rings. The van der Waals surface area contributed by atoms with Crippen LogP contribution in [0.5, 0.6) is 0 Å². The van der Waals surface area contributed by atoms with Crippen molar-refractivity contribution in [1.82, 2.24) is 9.88 Å². The molecule has 0 unspecified atom stereocenters. The molecule has 1 amide bonds. The van der Waals surface area contributed by atoms with Gasteiger partial charge in [-0.3, -0.25) is 4.79 Å². The van der Waals surface area contributed by atoms with Gasteiger partial charge in [0.2, 0.25) is 5.91 Å². The van der Waals surface area contributed by atoms with E-state index in [-0.39, 0.29) is 18.1 Å². The summed E-state index contributed by atoms with van der Waals surface area (Å²) >= 11 is 1.65. The van der Waals surface area contributed by atoms with Gasteiger partial charge in [-0.2, -0.15) is 0 Å². The van der Waals surface area contributed by atoms with Crippen LogP contribution in [0.1, 0.15) is 35.5 Å². The van der Waals surface area contributed by atoms with Gasteiger partial charge in [-0.1, -0.05) is 30.3 Å². The third-order valence-electron chi connectivity index (χ3n) is 4.93. The highest BCUT2D eigenvalue weighted by Gasteiger charge is 2.38. The van der Waals surface area contributed by atoms with Gasteiger partial charge >= 0.3 is 0 Å². The Morgan fingerprint density at radius 1 is 1.29 bits per heavy atom. The molecule has 1 aromatic carbocycles. The van der Waals surface area contributed by atoms with E-state index in [0.717, 1.165) is 42.9 Å². The van der Waals surface area contributed by atoms with Crippen LogP contribution in [0.15, 0.2) is 35.7 Å². The van der Waals surface area contributed by atoms with Gasteiger partial charge in [-0.05, 0) is 24.8 Å². The third-order valence-corrected chi connectivity index (χ3v) is 5.83. The van der Waals surface area contributed by atoms with Crippen LogP contribution >= 0.6 is 11.3 Å². The number of ether oxygens (including phenoxy) is 1. The number of carbonyl (C=O) groups is 1. The minimum atomic E-state index is 0.201. The first kappa shape index (κ1) is 15.8. The van der Waals surface area contributed by atoms with Crippen LogP contribution in [0.3, 0.4) is 0 Å². The van der Waals surface area contributed by atoms with Crippen molar-refractivity contribution in [2.45, 2.75) is 44.2 Å². The second-order valence-electron chi connectivity index (χ2n) is 6.57. The first-order chi connectivity index (χ1) is 11.8. The Morgan fingerprint density at radius 2 is 2.17 bits per heavy atom. The number of nitrogens with zero attached hydrogens (tertiary/aromatic N) is 2. The van der Waals surface area contributed by atoms with Crippen molar-refractivity contribution in [3.8, 4) is 0 Å². The van der Waals surface area contributed by atoms with Crippen molar-refractivity contribution in [2.75, 3.05) is 13.2 Å². The van der Waals surface area contributed by atoms with Gasteiger partial charge in [-0.15, -0.1) is 11.3 Å². The van der Waals surface area contributed by atoms with Crippen molar-refractivity contribution < 1.29 is 9.53 Å². The Bertz CT molecular complexity index is 700. The maximum absolute atomic E-state index is 12.7. The predicted molar refractivity (Wildman–Crippen MR) is 94.2 cm³/mol. The summed E-state index contributed by atoms with van der Waals surface area (Å²) in [5, 5.41) is 3.10. The van der Waals surface area contributed by atoms with E-state index in [9.17, 15) is 4.79 Å². The zero-order chi connectivity index (χ0) is 16.4. The van der Waals surface area contributed by atoms with Gasteiger partial charge in [0.1, 0.15) is 0 Å². The minimum Gasteiger partial charge on any atom is -0.374 e. The molecule has 2 fully saturated rings. The largest absolute Gasteiger partial charge is 0.374 e. The summed E-state index contributed by atoms with van der Waals surface area (Å²) in [6.07, 6.45) is 4.83. The zero-order valence-electron chi connectivity index (χ0n) is 13.7. The smallest absolute Gasteiger partial charge is 0.229 e. The fourth-order valence-corrected chi connectivity index (χ4v) is 4.60. The van der Waals surface area contributed by atoms with Gasteiger partial charge in [0, 0.05) is 18.3 Å². The average molecular weight is 342 g/mol. The minimum absolute atomic E-state index is 0.201. The lowest BCUT2D eigenvalue weighted by atomic mass is 10.1. The maximum atomic E-state index is 12.7. The van der Waals surface area contributed by atoms with E-state index in [1.54, 1.807) is 11.3 Å². The molecule has 2 heterocycles. The molecule has 1 aromatic heterocycles. The summed E-state index contributed by atoms with van der Waals surface area (Å²) < 4.78 is 5.80. The molecule has 1 aliphatic heterocycles. The lowest BCUT2D eigenvalue weighted by Gasteiger charge is -2.37. The average Bonchev–Trinajstić information content (AvgIpc) is 3.24. The van der Waals surface area contributed by atoms with Gasteiger partial charge in [0.25, 0.3) is 0 Å². The number of carbonyl (C=O) groups excluding carboxylic acids is 1. The van der Waals surface area contributed by atoms with E-state index in [1.165, 1.54) is 5.56 Å². The van der Waals surface area contributed by atoms with E-state index in [4.69, 9.17) is 4.74 Å². The number of benzene rings is 1. The number of thiazole rings is 1. The molecule has 24 heavy (non-hydrogen) atoms. The first-order valence-electron chi connectivity index (χ1n) is 8.68. The highest BCUT2D eigenvalue weighted by atomic mass is 32.1. The van der Waals surface area contributed by atoms with E-state index in [2.05, 4.69) is 17.1 Å². The number of amides is 1. The van der Waals surface area contributed by atoms with Crippen molar-refractivity contribution in [1.29, 1.82) is 0 Å². The molecular weight excluding hydrogens is 320 g/mol. The molecule has 1 saturated heterocycles. The van der Waals surface area contributed by atoms with Gasteiger partial charge < -0.3 is 9.64 Å². The molecule has 126 valence electrons. The summed E-state index contributed by atoms with van der Waals surface area (Å²) in [7, 11) is 0. The standard InChI is InChI=1S/C19H22N2O2S/c22-19(21-9-10-23-17-8-4-7-16(17)21)12-15-13-24-18(20-15)11-14-5-2-1-3-6-14/h1-3,5-6,13,16-17H,4,7-12H2/t16-,17+/m1/s1. The topological polar surface area (TPSA) is 42.4 Å². The van der Waals surface area contributed by atoms with Crippen molar-refractivity contribution in [3.63, 3.8) is 0 Å². The predicted octanol–water partition coefficient (Wildman–Crippen LogP) is 3.06. The Labute approximate surface area is 146 Å². The molecule has 5 heteroatoms. The second kappa shape index (κ2) is 7.03. The lowest BCUT2D eigenvalue weighted by Crippen LogP contribution is -2.51. The van der Waals surface area contributed by atoms with Crippen molar-refractivity contribution in [2.24, 2.45) is 0 Å². The summed E-state index contributed by atoms with van der Waals surface area (Å²) in [4.78, 5) is 19.4. The first-order valence-corrected chi connectivity index (χ1v) is 9.56. The molecule has 4 nitrogen and oxygen atoms in total. The van der Waals surface area contributed by atoms with Crippen LogP contribution < -0.4 is 0 Å². The molecule has 2 atom stereocenters. The molecular formula is C19H22N2O2S. The van der Waals surface area contributed by atoms with Crippen LogP contribution in [0.4, 0.5) is 0 Å². The summed E-state index contributed by atoms with van der Waals surface area (Å²) in [6.45, 7) is 1.39. The van der Waals surface area contributed by atoms with Crippen LogP contribution in [-0.4, -0.2) is 41.1 Å². The molecule has 0 radical (unpaired) electrons. The van der Waals surface area contributed by atoms with Crippen molar-refractivity contribution in [3.05, 3.63) is 52.0 Å². The molecule has 1 aliphatic carbocycles. The monoisotopic (exact) mass is 342 g/mol. The van der Waals surface area contributed by atoms with Crippen LogP contribution in [0.25, 0.3) is 0 Å². The molecule has 1 saturated carbocycles. The Morgan fingerprint density at radius 3 is 3.04 bits per heavy atom. The Kier molecular flexibility index (Phi) is 4.63. The summed E-state index contributed by atoms with van der Waals surface area (Å²) in [6, 6.07) is 10.6. The number of fused-ring (bicyclic) bond motifs is 1. The highest BCUT2D eigenvalue weighted by Crippen LogP contribution is 2.30. The van der Waals surface area contributed by atoms with Gasteiger partial charge in [-0.25, -0.2) is 4.98 Å². The molecule has 0 N–H and O–H groups in total. The SMILES string of the molecule is O=C(Cc1csc(Cc2ccccc2)n1)N1CCO[C@H]2CCC[C@H]21. The van der Waals surface area contributed by atoms with Crippen LogP contribution in [0.2, 0.25) is 0 Å². The fraction of sp³-hybridized carbons (Fsp3) is 0.474. The van der Waals surface area contributed by atoms with Crippen LogP contribution in [-0.2, 0) is 22.4 Å². The molecule has 2 aromatic rings. The maximum Gasteiger partial charge on any atom is 0.229 e. The van der Waals surface area contributed by atoms with Crippen molar-refractivity contribution >= 4 is 17.2 Å². The highest BCUT2D eigenvalue weighted by molar-refractivity contribution is 7.09. The molecule has 0 spiro atoms. The molecule has 0 bridgehead atoms. The lowest BCUT2D eigenvalue weighted by molar-refractivity contribution is -0.143. The van der Waals surface area contributed by atoms with E-state index in [0.29, 0.717) is 13.0 Å². The van der Waals surface area contributed by atoms with Crippen LogP contribution in [0, 0.1) is 0 Å². The van der Waals surface area contributed by atoms with E-state index in [1.807, 2.05) is 28.5 Å². The molecule has 4 rings (SSSR count). The Hall–Kier alpha value is -1.72. The van der Waals surface area contributed by atoms with E-state index >= 15 is 0 Å². The number of morpholine rings is 1. The van der Waals surface area contributed by atoms with Gasteiger partial charge in [0.15, 0.2) is 0 Å². The number of hydrogen-bond donors (Lipinski definition) is 0. The normalized spacial score (nSPS) is 23.2. The quantitative estimate of drug-likeness (QED) is 0.858. The number of hydrogen-bond acceptors (Lipinski definition) is 4. The second-order valence-corrected chi connectivity index (χ2v) is 7.51. The third kappa shape index (κ3) is 3.37. The van der Waals surface area contributed by atoms with Gasteiger partial charge in [0.05, 0.1) is 35.9 Å². The summed E-state index contributed by atoms with van der Waals surface area (Å²) in [5.74, 6) is 0.201. The fourth-order valence-electron chi connectivity index (χ4n) is 3.77.